The highest BCUT2D eigenvalue weighted by molar-refractivity contribution is 6.23. The zero-order valence-corrected chi connectivity index (χ0v) is 34.9. The summed E-state index contributed by atoms with van der Waals surface area (Å²) in [6.45, 7) is 4.27. The summed E-state index contributed by atoms with van der Waals surface area (Å²) >= 11 is 0. The lowest BCUT2D eigenvalue weighted by Gasteiger charge is -2.30. The van der Waals surface area contributed by atoms with E-state index in [4.69, 9.17) is 19.9 Å². The molecule has 0 bridgehead atoms. The van der Waals surface area contributed by atoms with Gasteiger partial charge in [0.25, 0.3) is 0 Å². The third-order valence-corrected chi connectivity index (χ3v) is 12.8. The monoisotopic (exact) mass is 804 g/mol. The van der Waals surface area contributed by atoms with Crippen molar-refractivity contribution in [3.05, 3.63) is 170 Å². The Morgan fingerprint density at radius 3 is 0.919 bits per heavy atom. The fourth-order valence-corrected chi connectivity index (χ4v) is 9.79. The van der Waals surface area contributed by atoms with Gasteiger partial charge < -0.3 is 9.80 Å². The predicted molar refractivity (Wildman–Crippen MR) is 257 cm³/mol. The van der Waals surface area contributed by atoms with Crippen molar-refractivity contribution in [3.63, 3.8) is 0 Å². The normalized spacial score (nSPS) is 14.4. The lowest BCUT2D eigenvalue weighted by molar-refractivity contribution is 0.578. The average molecular weight is 805 g/mol. The summed E-state index contributed by atoms with van der Waals surface area (Å²) in [6, 6.07) is 53.0. The van der Waals surface area contributed by atoms with E-state index in [-0.39, 0.29) is 0 Å². The molecule has 302 valence electrons. The van der Waals surface area contributed by atoms with Crippen LogP contribution < -0.4 is 9.80 Å². The first-order valence-electron chi connectivity index (χ1n) is 22.2. The highest BCUT2D eigenvalue weighted by atomic mass is 15.1. The average Bonchev–Trinajstić information content (AvgIpc) is 3.36. The summed E-state index contributed by atoms with van der Waals surface area (Å²) in [4.78, 5) is 24.6. The van der Waals surface area contributed by atoms with Gasteiger partial charge in [0.15, 0.2) is 0 Å². The fourth-order valence-electron chi connectivity index (χ4n) is 9.79. The minimum absolute atomic E-state index is 0.937. The molecule has 62 heavy (non-hydrogen) atoms. The van der Waals surface area contributed by atoms with Crippen LogP contribution in [0, 0.1) is 0 Å². The molecule has 0 saturated carbocycles. The molecule has 6 heteroatoms. The van der Waals surface area contributed by atoms with Crippen molar-refractivity contribution in [2.45, 2.75) is 38.5 Å². The fraction of sp³-hybridized carbons (Fsp3) is 0.179. The van der Waals surface area contributed by atoms with Gasteiger partial charge >= 0.3 is 0 Å². The highest BCUT2D eigenvalue weighted by Gasteiger charge is 2.23. The number of fused-ring (bicyclic) bond motifs is 2. The van der Waals surface area contributed by atoms with Crippen molar-refractivity contribution in [1.82, 2.24) is 19.9 Å². The SMILES string of the molecule is c1ccc(-c2cc(-c3ccccn3)cc(-c3c4ccc(N5CCCCC5)cc4c(-c4cc(-c5ccccn5)cc(-c5ccccn5)c4)c4ccc(N5CCCCC5)cc34)c2)nc1. The van der Waals surface area contributed by atoms with Crippen LogP contribution in [-0.4, -0.2) is 46.1 Å². The van der Waals surface area contributed by atoms with Crippen LogP contribution in [0.15, 0.2) is 170 Å². The van der Waals surface area contributed by atoms with E-state index >= 15 is 0 Å². The zero-order chi connectivity index (χ0) is 41.2. The zero-order valence-electron chi connectivity index (χ0n) is 34.9. The van der Waals surface area contributed by atoms with Crippen LogP contribution >= 0.6 is 0 Å². The van der Waals surface area contributed by atoms with Gasteiger partial charge in [-0.1, -0.05) is 36.4 Å². The lowest BCUT2D eigenvalue weighted by atomic mass is 9.83. The minimum atomic E-state index is 0.937. The number of anilines is 2. The van der Waals surface area contributed by atoms with Crippen LogP contribution in [0.25, 0.3) is 88.8 Å². The Morgan fingerprint density at radius 1 is 0.290 bits per heavy atom. The molecule has 2 aliphatic rings. The third kappa shape index (κ3) is 7.36. The Hall–Kier alpha value is -7.18. The molecule has 2 saturated heterocycles. The molecule has 0 spiro atoms. The molecular formula is C56H48N6. The van der Waals surface area contributed by atoms with Crippen LogP contribution in [0.2, 0.25) is 0 Å². The molecule has 0 N–H and O–H groups in total. The molecule has 4 aromatic heterocycles. The predicted octanol–water partition coefficient (Wildman–Crippen LogP) is 13.6. The second kappa shape index (κ2) is 16.7. The molecule has 0 unspecified atom stereocenters. The summed E-state index contributed by atoms with van der Waals surface area (Å²) in [5.41, 5.74) is 15.3. The molecule has 2 fully saturated rings. The largest absolute Gasteiger partial charge is 0.372 e. The number of benzene rings is 5. The van der Waals surface area contributed by atoms with Crippen LogP contribution in [0.4, 0.5) is 11.4 Å². The van der Waals surface area contributed by atoms with Crippen molar-refractivity contribution in [2.24, 2.45) is 0 Å². The van der Waals surface area contributed by atoms with Crippen LogP contribution in [0.3, 0.4) is 0 Å². The summed E-state index contributed by atoms with van der Waals surface area (Å²) in [5.74, 6) is 0. The quantitative estimate of drug-likeness (QED) is 0.143. The van der Waals surface area contributed by atoms with Crippen molar-refractivity contribution in [1.29, 1.82) is 0 Å². The van der Waals surface area contributed by atoms with Gasteiger partial charge in [-0.2, -0.15) is 0 Å². The summed E-state index contributed by atoms with van der Waals surface area (Å²) in [6.07, 6.45) is 14.9. The Labute approximate surface area is 363 Å². The van der Waals surface area contributed by atoms with Gasteiger partial charge in [0, 0.05) is 84.6 Å². The number of piperidine rings is 2. The Morgan fingerprint density at radius 2 is 0.613 bits per heavy atom. The molecule has 0 aliphatic carbocycles. The van der Waals surface area contributed by atoms with Crippen LogP contribution in [-0.2, 0) is 0 Å². The molecule has 0 radical (unpaired) electrons. The van der Waals surface area contributed by atoms with Crippen molar-refractivity contribution in [3.8, 4) is 67.3 Å². The van der Waals surface area contributed by atoms with Gasteiger partial charge in [-0.3, -0.25) is 19.9 Å². The molecule has 5 aromatic carbocycles. The van der Waals surface area contributed by atoms with Gasteiger partial charge in [0.1, 0.15) is 0 Å². The van der Waals surface area contributed by atoms with Crippen LogP contribution in [0.1, 0.15) is 38.5 Å². The molecular weight excluding hydrogens is 757 g/mol. The summed E-state index contributed by atoms with van der Waals surface area (Å²) in [5, 5.41) is 4.90. The standard InChI is InChI=1S/C56H48N6/c1-11-27-61(28-12-1)45-19-21-47-49(37-45)55(43-33-39(51-15-3-7-23-57-51)31-40(34-43)52-16-4-8-24-58-52)48-22-20-46(62-29-13-2-14-30-62)38-50(48)56(47)44-35-41(53-17-5-9-25-59-53)32-42(36-44)54-18-6-10-26-60-54/h3-10,15-26,31-38H,1-2,11-14,27-30H2. The van der Waals surface area contributed by atoms with Gasteiger partial charge in [0.2, 0.25) is 0 Å². The maximum Gasteiger partial charge on any atom is 0.0702 e. The maximum atomic E-state index is 4.86. The van der Waals surface area contributed by atoms with E-state index in [2.05, 4.69) is 131 Å². The second-order valence-electron chi connectivity index (χ2n) is 16.8. The van der Waals surface area contributed by atoms with Crippen molar-refractivity contribution < 1.29 is 0 Å². The topological polar surface area (TPSA) is 58.0 Å². The van der Waals surface area contributed by atoms with Crippen molar-refractivity contribution >= 4 is 32.9 Å². The first-order valence-corrected chi connectivity index (χ1v) is 22.2. The summed E-state index contributed by atoms with van der Waals surface area (Å²) in [7, 11) is 0. The van der Waals surface area contributed by atoms with E-state index in [9.17, 15) is 0 Å². The van der Waals surface area contributed by atoms with Crippen LogP contribution in [0.5, 0.6) is 0 Å². The number of nitrogens with zero attached hydrogens (tertiary/aromatic N) is 6. The van der Waals surface area contributed by atoms with E-state index in [1.54, 1.807) is 0 Å². The minimum Gasteiger partial charge on any atom is -0.372 e. The highest BCUT2D eigenvalue weighted by Crippen LogP contribution is 2.48. The van der Waals surface area contributed by atoms with Gasteiger partial charge in [-0.25, -0.2) is 0 Å². The number of hydrogen-bond donors (Lipinski definition) is 0. The van der Waals surface area contributed by atoms with Crippen molar-refractivity contribution in [2.75, 3.05) is 36.0 Å². The number of aromatic nitrogens is 4. The first-order chi connectivity index (χ1) is 30.7. The smallest absolute Gasteiger partial charge is 0.0702 e. The first kappa shape index (κ1) is 37.8. The molecule has 0 amide bonds. The Kier molecular flexibility index (Phi) is 10.2. The molecule has 11 rings (SSSR count). The summed E-state index contributed by atoms with van der Waals surface area (Å²) < 4.78 is 0. The van der Waals surface area contributed by atoms with Gasteiger partial charge in [-0.05, 0) is 192 Å². The van der Waals surface area contributed by atoms with E-state index in [1.807, 2.05) is 49.1 Å². The third-order valence-electron chi connectivity index (χ3n) is 12.8. The number of rotatable bonds is 8. The van der Waals surface area contributed by atoms with E-state index in [0.717, 1.165) is 82.3 Å². The molecule has 6 heterocycles. The number of pyridine rings is 4. The molecule has 9 aromatic rings. The molecule has 2 aliphatic heterocycles. The lowest BCUT2D eigenvalue weighted by Crippen LogP contribution is -2.29. The van der Waals surface area contributed by atoms with Gasteiger partial charge in [-0.15, -0.1) is 0 Å². The maximum absolute atomic E-state index is 4.86. The Bertz CT molecular complexity index is 2690. The van der Waals surface area contributed by atoms with Gasteiger partial charge in [0.05, 0.1) is 22.8 Å². The Balaban J connectivity index is 1.26. The van der Waals surface area contributed by atoms with E-state index < -0.39 is 0 Å². The van der Waals surface area contributed by atoms with E-state index in [0.29, 0.717) is 0 Å². The molecule has 6 nitrogen and oxygen atoms in total. The molecule has 0 atom stereocenters. The number of hydrogen-bond acceptors (Lipinski definition) is 6. The second-order valence-corrected chi connectivity index (χ2v) is 16.8. The van der Waals surface area contributed by atoms with E-state index in [1.165, 1.54) is 82.6 Å².